The Morgan fingerprint density at radius 1 is 1.31 bits per heavy atom. The van der Waals surface area contributed by atoms with E-state index in [9.17, 15) is 14.4 Å². The minimum atomic E-state index is -0.671. The first-order valence-corrected chi connectivity index (χ1v) is 8.96. The molecule has 0 saturated heterocycles. The van der Waals surface area contributed by atoms with Crippen molar-refractivity contribution in [1.29, 1.82) is 0 Å². The Morgan fingerprint density at radius 2 is 2.00 bits per heavy atom. The second-order valence-corrected chi connectivity index (χ2v) is 6.54. The largest absolute Gasteiger partial charge is 0.465 e. The van der Waals surface area contributed by atoms with E-state index in [0.717, 1.165) is 11.3 Å². The summed E-state index contributed by atoms with van der Waals surface area (Å²) in [6, 6.07) is 0. The van der Waals surface area contributed by atoms with Gasteiger partial charge in [0.05, 0.1) is 24.3 Å². The highest BCUT2D eigenvalue weighted by molar-refractivity contribution is 7.18. The maximum atomic E-state index is 12.5. The maximum Gasteiger partial charge on any atom is 0.348 e. The van der Waals surface area contributed by atoms with Crippen LogP contribution in [0.3, 0.4) is 0 Å². The molecular weight excluding hydrogens is 382 g/mol. The van der Waals surface area contributed by atoms with Crippen LogP contribution in [0.25, 0.3) is 0 Å². The number of nitrogens with one attached hydrogen (secondary N) is 1. The van der Waals surface area contributed by atoms with Crippen molar-refractivity contribution >= 4 is 45.8 Å². The van der Waals surface area contributed by atoms with E-state index in [-0.39, 0.29) is 32.8 Å². The van der Waals surface area contributed by atoms with Gasteiger partial charge in [-0.25, -0.2) is 9.59 Å². The van der Waals surface area contributed by atoms with Gasteiger partial charge in [-0.3, -0.25) is 9.48 Å². The van der Waals surface area contributed by atoms with Gasteiger partial charge >= 0.3 is 11.9 Å². The summed E-state index contributed by atoms with van der Waals surface area (Å²) in [5.41, 5.74) is 0.494. The molecule has 2 aromatic rings. The van der Waals surface area contributed by atoms with Gasteiger partial charge in [-0.1, -0.05) is 11.6 Å². The molecule has 0 radical (unpaired) electrons. The lowest BCUT2D eigenvalue weighted by Crippen LogP contribution is -2.15. The second-order valence-electron chi connectivity index (χ2n) is 5.11. The van der Waals surface area contributed by atoms with Gasteiger partial charge in [0.25, 0.3) is 5.91 Å². The number of methoxy groups -OCH3 is 1. The fraction of sp³-hybridized carbons (Fsp3) is 0.375. The monoisotopic (exact) mass is 399 g/mol. The first-order valence-electron chi connectivity index (χ1n) is 7.77. The highest BCUT2D eigenvalue weighted by atomic mass is 35.5. The molecular formula is C16H18ClN3O5S. The Balaban J connectivity index is 2.42. The molecule has 0 fully saturated rings. The highest BCUT2D eigenvalue weighted by Gasteiger charge is 2.28. The molecule has 0 atom stereocenters. The number of hydrogen-bond donors (Lipinski definition) is 1. The smallest absolute Gasteiger partial charge is 0.348 e. The number of aryl methyl sites for hydroxylation is 1. The van der Waals surface area contributed by atoms with E-state index in [4.69, 9.17) is 21.1 Å². The first kappa shape index (κ1) is 19.9. The van der Waals surface area contributed by atoms with Gasteiger partial charge < -0.3 is 14.8 Å². The lowest BCUT2D eigenvalue weighted by atomic mass is 10.1. The number of rotatable bonds is 6. The predicted molar refractivity (Wildman–Crippen MR) is 97.2 cm³/mol. The van der Waals surface area contributed by atoms with E-state index in [1.165, 1.54) is 18.0 Å². The van der Waals surface area contributed by atoms with Crippen LogP contribution in [0.5, 0.6) is 0 Å². The minimum Gasteiger partial charge on any atom is -0.465 e. The molecule has 1 amide bonds. The lowest BCUT2D eigenvalue weighted by Gasteiger charge is -2.05. The van der Waals surface area contributed by atoms with Crippen LogP contribution in [0, 0.1) is 6.92 Å². The van der Waals surface area contributed by atoms with Crippen molar-refractivity contribution in [3.05, 3.63) is 32.9 Å². The number of carbonyl (C=O) groups is 3. The Bertz CT molecular complexity index is 858. The summed E-state index contributed by atoms with van der Waals surface area (Å²) < 4.78 is 11.3. The van der Waals surface area contributed by atoms with Gasteiger partial charge in [0.15, 0.2) is 5.69 Å². The van der Waals surface area contributed by atoms with Crippen molar-refractivity contribution < 1.29 is 23.9 Å². The van der Waals surface area contributed by atoms with Crippen molar-refractivity contribution in [3.63, 3.8) is 0 Å². The summed E-state index contributed by atoms with van der Waals surface area (Å²) in [5, 5.41) is 7.03. The van der Waals surface area contributed by atoms with Crippen LogP contribution < -0.4 is 5.32 Å². The molecule has 26 heavy (non-hydrogen) atoms. The van der Waals surface area contributed by atoms with Crippen molar-refractivity contribution in [3.8, 4) is 0 Å². The SMILES string of the molecule is CCOC(=O)c1sc(NC(=O)c2nn(CC)cc2Cl)c(C(=O)OC)c1C. The number of halogens is 1. The summed E-state index contributed by atoms with van der Waals surface area (Å²) in [6.07, 6.45) is 1.53. The zero-order valence-electron chi connectivity index (χ0n) is 14.7. The molecule has 0 aromatic carbocycles. The van der Waals surface area contributed by atoms with Crippen LogP contribution in [0.15, 0.2) is 6.20 Å². The predicted octanol–water partition coefficient (Wildman–Crippen LogP) is 3.14. The Morgan fingerprint density at radius 3 is 2.54 bits per heavy atom. The molecule has 10 heteroatoms. The molecule has 0 spiro atoms. The molecule has 0 aliphatic carbocycles. The quantitative estimate of drug-likeness (QED) is 0.749. The number of anilines is 1. The van der Waals surface area contributed by atoms with E-state index in [1.807, 2.05) is 6.92 Å². The zero-order chi connectivity index (χ0) is 19.4. The van der Waals surface area contributed by atoms with E-state index in [1.54, 1.807) is 13.8 Å². The molecule has 2 aromatic heterocycles. The second kappa shape index (κ2) is 8.33. The number of aromatic nitrogens is 2. The van der Waals surface area contributed by atoms with Crippen LogP contribution in [0.1, 0.15) is 49.9 Å². The van der Waals surface area contributed by atoms with Crippen LogP contribution in [-0.4, -0.2) is 41.3 Å². The van der Waals surface area contributed by atoms with Crippen molar-refractivity contribution in [2.24, 2.45) is 0 Å². The summed E-state index contributed by atoms with van der Waals surface area (Å²) in [4.78, 5) is 36.9. The number of esters is 2. The van der Waals surface area contributed by atoms with E-state index in [2.05, 4.69) is 10.4 Å². The summed E-state index contributed by atoms with van der Waals surface area (Å²) in [7, 11) is 1.22. The van der Waals surface area contributed by atoms with Crippen molar-refractivity contribution in [2.75, 3.05) is 19.0 Å². The lowest BCUT2D eigenvalue weighted by molar-refractivity contribution is 0.0531. The summed E-state index contributed by atoms with van der Waals surface area (Å²) in [5.74, 6) is -1.84. The molecule has 0 aliphatic heterocycles. The van der Waals surface area contributed by atoms with Crippen LogP contribution in [0.2, 0.25) is 5.02 Å². The summed E-state index contributed by atoms with van der Waals surface area (Å²) >= 11 is 6.97. The average Bonchev–Trinajstić information content (AvgIpc) is 3.14. The van der Waals surface area contributed by atoms with Gasteiger partial charge in [-0.2, -0.15) is 5.10 Å². The average molecular weight is 400 g/mol. The molecule has 2 heterocycles. The fourth-order valence-electron chi connectivity index (χ4n) is 2.22. The molecule has 0 bridgehead atoms. The van der Waals surface area contributed by atoms with Gasteiger partial charge in [0.1, 0.15) is 9.88 Å². The molecule has 0 aliphatic rings. The number of hydrogen-bond acceptors (Lipinski definition) is 7. The highest BCUT2D eigenvalue weighted by Crippen LogP contribution is 2.34. The normalized spacial score (nSPS) is 10.5. The Labute approximate surface area is 159 Å². The maximum absolute atomic E-state index is 12.5. The van der Waals surface area contributed by atoms with Gasteiger partial charge in [0.2, 0.25) is 0 Å². The molecule has 140 valence electrons. The minimum absolute atomic E-state index is 0.0214. The van der Waals surface area contributed by atoms with Crippen molar-refractivity contribution in [1.82, 2.24) is 9.78 Å². The third-order valence-corrected chi connectivity index (χ3v) is 4.94. The Hall–Kier alpha value is -2.39. The Kier molecular flexibility index (Phi) is 6.38. The fourth-order valence-corrected chi connectivity index (χ4v) is 3.54. The van der Waals surface area contributed by atoms with E-state index >= 15 is 0 Å². The molecule has 1 N–H and O–H groups in total. The number of ether oxygens (including phenoxy) is 2. The number of nitrogens with zero attached hydrogens (tertiary/aromatic N) is 2. The third-order valence-electron chi connectivity index (χ3n) is 3.48. The molecule has 0 unspecified atom stereocenters. The zero-order valence-corrected chi connectivity index (χ0v) is 16.3. The topological polar surface area (TPSA) is 99.5 Å². The van der Waals surface area contributed by atoms with Gasteiger partial charge in [-0.15, -0.1) is 11.3 Å². The van der Waals surface area contributed by atoms with Gasteiger partial charge in [-0.05, 0) is 26.3 Å². The van der Waals surface area contributed by atoms with Gasteiger partial charge in [0, 0.05) is 12.7 Å². The van der Waals surface area contributed by atoms with Crippen LogP contribution in [-0.2, 0) is 16.0 Å². The molecule has 8 nitrogen and oxygen atoms in total. The molecule has 0 saturated carbocycles. The van der Waals surface area contributed by atoms with Crippen LogP contribution >= 0.6 is 22.9 Å². The van der Waals surface area contributed by atoms with Crippen molar-refractivity contribution in [2.45, 2.75) is 27.3 Å². The van der Waals surface area contributed by atoms with Crippen LogP contribution in [0.4, 0.5) is 5.00 Å². The number of thiophene rings is 1. The number of amides is 1. The van der Waals surface area contributed by atoms with E-state index < -0.39 is 17.8 Å². The standard InChI is InChI=1S/C16H18ClN3O5S/c1-5-20-7-9(17)11(19-20)13(21)18-14-10(15(22)24-4)8(3)12(26-14)16(23)25-6-2/h7H,5-6H2,1-4H3,(H,18,21). The third kappa shape index (κ3) is 3.88. The first-order chi connectivity index (χ1) is 12.3. The van der Waals surface area contributed by atoms with E-state index in [0.29, 0.717) is 12.1 Å². The number of carbonyl (C=O) groups excluding carboxylic acids is 3. The summed E-state index contributed by atoms with van der Waals surface area (Å²) in [6.45, 7) is 5.86. The molecule has 2 rings (SSSR count).